The molecule has 2 unspecified atom stereocenters. The smallest absolute Gasteiger partial charge is 0.0121 e. The van der Waals surface area contributed by atoms with Gasteiger partial charge in [0.25, 0.3) is 0 Å². The molecule has 0 amide bonds. The molecular formula is C25H47N. The molecule has 0 aromatic carbocycles. The van der Waals surface area contributed by atoms with Gasteiger partial charge in [-0.2, -0.15) is 0 Å². The summed E-state index contributed by atoms with van der Waals surface area (Å²) >= 11 is 0. The molecular weight excluding hydrogens is 314 g/mol. The Labute approximate surface area is 165 Å². The van der Waals surface area contributed by atoms with Crippen LogP contribution in [0.4, 0.5) is 0 Å². The number of unbranched alkanes of at least 4 members (excludes halogenated alkanes) is 2. The Morgan fingerprint density at radius 3 is 1.81 bits per heavy atom. The van der Waals surface area contributed by atoms with Gasteiger partial charge in [-0.15, -0.1) is 0 Å². The number of allylic oxidation sites excluding steroid dienone is 3. The quantitative estimate of drug-likeness (QED) is 0.290. The van der Waals surface area contributed by atoms with Crippen LogP contribution in [0, 0.1) is 17.3 Å². The topological polar surface area (TPSA) is 3.24 Å². The third-order valence-corrected chi connectivity index (χ3v) is 6.54. The summed E-state index contributed by atoms with van der Waals surface area (Å²) in [6, 6.07) is 0. The van der Waals surface area contributed by atoms with Gasteiger partial charge in [-0.25, -0.2) is 0 Å². The number of hydrogen-bond acceptors (Lipinski definition) is 1. The fourth-order valence-corrected chi connectivity index (χ4v) is 4.68. The first-order valence-corrected chi connectivity index (χ1v) is 11.7. The van der Waals surface area contributed by atoms with Crippen molar-refractivity contribution in [2.75, 3.05) is 19.6 Å². The minimum Gasteiger partial charge on any atom is -0.303 e. The van der Waals surface area contributed by atoms with Crippen LogP contribution in [0.3, 0.4) is 0 Å². The third kappa shape index (κ3) is 6.87. The van der Waals surface area contributed by atoms with Crippen LogP contribution in [0.1, 0.15) is 99.3 Å². The molecule has 1 heteroatoms. The molecule has 1 nitrogen and oxygen atoms in total. The van der Waals surface area contributed by atoms with Crippen molar-refractivity contribution < 1.29 is 0 Å². The highest BCUT2D eigenvalue weighted by Crippen LogP contribution is 2.47. The molecule has 1 rings (SSSR count). The maximum absolute atomic E-state index is 2.70. The Hall–Kier alpha value is -0.560. The second-order valence-corrected chi connectivity index (χ2v) is 8.73. The predicted molar refractivity (Wildman–Crippen MR) is 119 cm³/mol. The standard InChI is InChI=1S/C25H47N/c1-7-11-18-26(19-12-8-2)20-16-24-15-17-25(21-24,22(5)13-9-3)23(6)14-10-4/h15,17,21-23H,7-14,16,18-20H2,1-6H3. The van der Waals surface area contributed by atoms with Crippen molar-refractivity contribution in [2.24, 2.45) is 17.3 Å². The summed E-state index contributed by atoms with van der Waals surface area (Å²) in [5.41, 5.74) is 1.90. The summed E-state index contributed by atoms with van der Waals surface area (Å²) in [6.45, 7) is 18.0. The minimum atomic E-state index is 0.305. The van der Waals surface area contributed by atoms with E-state index in [1.807, 2.05) is 0 Å². The molecule has 0 aromatic rings. The molecule has 152 valence electrons. The summed E-state index contributed by atoms with van der Waals surface area (Å²) in [6.07, 6.45) is 19.5. The van der Waals surface area contributed by atoms with E-state index in [1.165, 1.54) is 77.4 Å². The molecule has 2 atom stereocenters. The third-order valence-electron chi connectivity index (χ3n) is 6.54. The Balaban J connectivity index is 2.77. The van der Waals surface area contributed by atoms with Crippen LogP contribution >= 0.6 is 0 Å². The lowest BCUT2D eigenvalue weighted by molar-refractivity contribution is 0.196. The van der Waals surface area contributed by atoms with E-state index in [0.717, 1.165) is 11.8 Å². The van der Waals surface area contributed by atoms with Crippen molar-refractivity contribution in [2.45, 2.75) is 99.3 Å². The van der Waals surface area contributed by atoms with E-state index in [1.54, 1.807) is 5.57 Å². The minimum absolute atomic E-state index is 0.305. The van der Waals surface area contributed by atoms with E-state index >= 15 is 0 Å². The molecule has 0 N–H and O–H groups in total. The van der Waals surface area contributed by atoms with Crippen LogP contribution in [0.5, 0.6) is 0 Å². The molecule has 0 bridgehead atoms. The molecule has 0 saturated heterocycles. The highest BCUT2D eigenvalue weighted by molar-refractivity contribution is 5.35. The van der Waals surface area contributed by atoms with Crippen LogP contribution in [0.25, 0.3) is 0 Å². The fourth-order valence-electron chi connectivity index (χ4n) is 4.68. The van der Waals surface area contributed by atoms with Gasteiger partial charge in [-0.1, -0.05) is 91.0 Å². The van der Waals surface area contributed by atoms with Crippen LogP contribution in [0.15, 0.2) is 23.8 Å². The number of hydrogen-bond donors (Lipinski definition) is 0. The largest absolute Gasteiger partial charge is 0.303 e. The monoisotopic (exact) mass is 361 g/mol. The molecule has 26 heavy (non-hydrogen) atoms. The molecule has 0 radical (unpaired) electrons. The SMILES string of the molecule is CCCCN(CCCC)CCC1=CC(C(C)CCC)(C(C)CCC)C=C1. The van der Waals surface area contributed by atoms with E-state index in [9.17, 15) is 0 Å². The Bertz CT molecular complexity index is 400. The second kappa shape index (κ2) is 12.8. The first-order valence-electron chi connectivity index (χ1n) is 11.7. The molecule has 0 saturated carbocycles. The van der Waals surface area contributed by atoms with E-state index < -0.39 is 0 Å². The Kier molecular flexibility index (Phi) is 11.5. The van der Waals surface area contributed by atoms with Crippen molar-refractivity contribution >= 4 is 0 Å². The van der Waals surface area contributed by atoms with Crippen molar-refractivity contribution in [3.05, 3.63) is 23.8 Å². The van der Waals surface area contributed by atoms with Gasteiger partial charge in [-0.3, -0.25) is 0 Å². The van der Waals surface area contributed by atoms with Gasteiger partial charge in [0.1, 0.15) is 0 Å². The lowest BCUT2D eigenvalue weighted by Gasteiger charge is -2.38. The van der Waals surface area contributed by atoms with E-state index in [0.29, 0.717) is 5.41 Å². The van der Waals surface area contributed by atoms with Crippen LogP contribution in [-0.4, -0.2) is 24.5 Å². The van der Waals surface area contributed by atoms with Gasteiger partial charge in [-0.05, 0) is 57.0 Å². The van der Waals surface area contributed by atoms with Crippen molar-refractivity contribution in [1.82, 2.24) is 4.90 Å². The summed E-state index contributed by atoms with van der Waals surface area (Å²) in [5.74, 6) is 1.50. The van der Waals surface area contributed by atoms with Crippen molar-refractivity contribution in [1.29, 1.82) is 0 Å². The first kappa shape index (κ1) is 23.5. The molecule has 0 aliphatic heterocycles. The highest BCUT2D eigenvalue weighted by Gasteiger charge is 2.38. The van der Waals surface area contributed by atoms with Gasteiger partial charge in [0.05, 0.1) is 0 Å². The average molecular weight is 362 g/mol. The van der Waals surface area contributed by atoms with E-state index in [2.05, 4.69) is 64.7 Å². The zero-order valence-electron chi connectivity index (χ0n) is 18.8. The zero-order chi connectivity index (χ0) is 19.4. The lowest BCUT2D eigenvalue weighted by atomic mass is 9.66. The zero-order valence-corrected chi connectivity index (χ0v) is 18.8. The molecule has 0 spiro atoms. The maximum Gasteiger partial charge on any atom is 0.0121 e. The summed E-state index contributed by atoms with van der Waals surface area (Å²) < 4.78 is 0. The Morgan fingerprint density at radius 2 is 1.35 bits per heavy atom. The number of rotatable bonds is 15. The van der Waals surface area contributed by atoms with Gasteiger partial charge in [0.15, 0.2) is 0 Å². The summed E-state index contributed by atoms with van der Waals surface area (Å²) in [5, 5.41) is 0. The highest BCUT2D eigenvalue weighted by atomic mass is 15.1. The average Bonchev–Trinajstić information content (AvgIpc) is 3.07. The molecule has 1 aliphatic carbocycles. The van der Waals surface area contributed by atoms with Crippen LogP contribution < -0.4 is 0 Å². The van der Waals surface area contributed by atoms with Crippen molar-refractivity contribution in [3.63, 3.8) is 0 Å². The molecule has 1 aliphatic rings. The predicted octanol–water partition coefficient (Wildman–Crippen LogP) is 7.63. The molecule has 0 heterocycles. The molecule has 0 fully saturated rings. The number of nitrogens with zero attached hydrogens (tertiary/aromatic N) is 1. The summed E-state index contributed by atoms with van der Waals surface area (Å²) in [7, 11) is 0. The van der Waals surface area contributed by atoms with Crippen LogP contribution in [0.2, 0.25) is 0 Å². The summed E-state index contributed by atoms with van der Waals surface area (Å²) in [4.78, 5) is 2.70. The van der Waals surface area contributed by atoms with Crippen LogP contribution in [-0.2, 0) is 0 Å². The lowest BCUT2D eigenvalue weighted by Crippen LogP contribution is -2.31. The maximum atomic E-state index is 2.70. The second-order valence-electron chi connectivity index (χ2n) is 8.73. The van der Waals surface area contributed by atoms with E-state index in [-0.39, 0.29) is 0 Å². The van der Waals surface area contributed by atoms with Gasteiger partial charge in [0, 0.05) is 12.0 Å². The first-order chi connectivity index (χ1) is 12.5. The van der Waals surface area contributed by atoms with Gasteiger partial charge in [0.2, 0.25) is 0 Å². The molecule has 0 aromatic heterocycles. The Morgan fingerprint density at radius 1 is 0.808 bits per heavy atom. The fraction of sp³-hybridized carbons (Fsp3) is 0.840. The van der Waals surface area contributed by atoms with Crippen molar-refractivity contribution in [3.8, 4) is 0 Å². The van der Waals surface area contributed by atoms with Gasteiger partial charge >= 0.3 is 0 Å². The van der Waals surface area contributed by atoms with Gasteiger partial charge < -0.3 is 4.90 Å². The normalized spacial score (nSPS) is 22.0. The van der Waals surface area contributed by atoms with E-state index in [4.69, 9.17) is 0 Å².